The minimum absolute atomic E-state index is 0.0830. The Morgan fingerprint density at radius 2 is 2.03 bits per heavy atom. The number of aryl methyl sites for hydroxylation is 2. The van der Waals surface area contributed by atoms with Gasteiger partial charge < -0.3 is 15.7 Å². The van der Waals surface area contributed by atoms with Gasteiger partial charge >= 0.3 is 0 Å². The molecule has 1 amide bonds. The van der Waals surface area contributed by atoms with Crippen LogP contribution in [0.3, 0.4) is 0 Å². The van der Waals surface area contributed by atoms with Gasteiger partial charge in [-0.1, -0.05) is 47.6 Å². The van der Waals surface area contributed by atoms with Crippen LogP contribution in [-0.2, 0) is 16.6 Å². The summed E-state index contributed by atoms with van der Waals surface area (Å²) >= 11 is 1.54. The van der Waals surface area contributed by atoms with E-state index in [9.17, 15) is 9.90 Å². The van der Waals surface area contributed by atoms with Crippen LogP contribution in [0.4, 0.5) is 5.13 Å². The molecule has 2 fully saturated rings. The molecule has 1 aromatic heterocycles. The summed E-state index contributed by atoms with van der Waals surface area (Å²) in [6.07, 6.45) is 9.15. The van der Waals surface area contributed by atoms with Crippen LogP contribution in [0.2, 0.25) is 0 Å². The Balaban J connectivity index is 1.40. The fraction of sp³-hybridized carbons (Fsp3) is 0.697. The van der Waals surface area contributed by atoms with Crippen LogP contribution >= 0.6 is 11.3 Å². The van der Waals surface area contributed by atoms with Crippen molar-refractivity contribution in [1.29, 1.82) is 0 Å². The van der Waals surface area contributed by atoms with Gasteiger partial charge in [-0.2, -0.15) is 0 Å². The van der Waals surface area contributed by atoms with Crippen molar-refractivity contribution in [3.05, 3.63) is 39.9 Å². The van der Waals surface area contributed by atoms with Crippen LogP contribution in [0.1, 0.15) is 108 Å². The van der Waals surface area contributed by atoms with Gasteiger partial charge in [-0.15, -0.1) is 11.3 Å². The average molecular weight is 552 g/mol. The summed E-state index contributed by atoms with van der Waals surface area (Å²) in [4.78, 5) is 18.4. The lowest BCUT2D eigenvalue weighted by molar-refractivity contribution is -0.116. The van der Waals surface area contributed by atoms with Crippen molar-refractivity contribution in [3.8, 4) is 5.75 Å². The number of aromatic nitrogens is 1. The Labute approximate surface area is 239 Å². The Kier molecular flexibility index (Phi) is 7.93. The van der Waals surface area contributed by atoms with E-state index in [-0.39, 0.29) is 16.7 Å². The van der Waals surface area contributed by atoms with Crippen LogP contribution in [-0.4, -0.2) is 28.6 Å². The Morgan fingerprint density at radius 1 is 1.26 bits per heavy atom. The van der Waals surface area contributed by atoms with Crippen LogP contribution in [0, 0.1) is 36.0 Å². The first-order chi connectivity index (χ1) is 18.4. The summed E-state index contributed by atoms with van der Waals surface area (Å²) < 4.78 is 0. The molecule has 6 heteroatoms. The van der Waals surface area contributed by atoms with Crippen molar-refractivity contribution in [3.63, 3.8) is 0 Å². The molecule has 0 radical (unpaired) electrons. The van der Waals surface area contributed by atoms with Crippen molar-refractivity contribution in [1.82, 2.24) is 10.3 Å². The minimum atomic E-state index is -0.0830. The predicted molar refractivity (Wildman–Crippen MR) is 162 cm³/mol. The van der Waals surface area contributed by atoms with Gasteiger partial charge in [0.15, 0.2) is 5.13 Å². The van der Waals surface area contributed by atoms with Gasteiger partial charge in [0, 0.05) is 23.5 Å². The lowest BCUT2D eigenvalue weighted by Crippen LogP contribution is -2.49. The van der Waals surface area contributed by atoms with E-state index >= 15 is 0 Å². The molecule has 5 nitrogen and oxygen atoms in total. The largest absolute Gasteiger partial charge is 0.508 e. The van der Waals surface area contributed by atoms with E-state index in [1.54, 1.807) is 11.3 Å². The highest BCUT2D eigenvalue weighted by atomic mass is 32.1. The maximum atomic E-state index is 12.9. The van der Waals surface area contributed by atoms with E-state index in [1.165, 1.54) is 30.4 Å². The molecule has 0 saturated heterocycles. The van der Waals surface area contributed by atoms with Crippen LogP contribution in [0.5, 0.6) is 5.75 Å². The number of thiazole rings is 1. The average Bonchev–Trinajstić information content (AvgIpc) is 3.39. The molecule has 3 aliphatic carbocycles. The Bertz CT molecular complexity index is 1200. The first kappa shape index (κ1) is 28.6. The van der Waals surface area contributed by atoms with Gasteiger partial charge in [0.2, 0.25) is 5.91 Å². The second-order valence-corrected chi connectivity index (χ2v) is 15.6. The summed E-state index contributed by atoms with van der Waals surface area (Å²) in [6, 6.07) is 4.93. The molecule has 214 valence electrons. The molecular weight excluding hydrogens is 502 g/mol. The van der Waals surface area contributed by atoms with Gasteiger partial charge in [-0.25, -0.2) is 4.98 Å². The summed E-state index contributed by atoms with van der Waals surface area (Å²) in [5.41, 5.74) is 4.09. The van der Waals surface area contributed by atoms with Gasteiger partial charge in [-0.05, 0) is 115 Å². The van der Waals surface area contributed by atoms with Crippen molar-refractivity contribution >= 4 is 22.4 Å². The number of fused-ring (bicyclic) bond motifs is 5. The van der Waals surface area contributed by atoms with E-state index in [0.29, 0.717) is 52.9 Å². The Morgan fingerprint density at radius 3 is 2.69 bits per heavy atom. The van der Waals surface area contributed by atoms with Crippen molar-refractivity contribution in [2.24, 2.45) is 29.1 Å². The van der Waals surface area contributed by atoms with Crippen LogP contribution in [0.15, 0.2) is 18.3 Å². The third kappa shape index (κ3) is 5.66. The molecule has 3 N–H and O–H groups in total. The molecule has 0 spiro atoms. The van der Waals surface area contributed by atoms with E-state index in [2.05, 4.69) is 69.3 Å². The maximum Gasteiger partial charge on any atom is 0.226 e. The zero-order chi connectivity index (χ0) is 28.1. The summed E-state index contributed by atoms with van der Waals surface area (Å²) in [5, 5.41) is 18.6. The number of rotatable bonds is 7. The van der Waals surface area contributed by atoms with E-state index in [1.807, 2.05) is 13.1 Å². The number of hydrogen-bond donors (Lipinski definition) is 3. The molecule has 2 saturated carbocycles. The number of carbonyl (C=O) groups excluding carboxylic acids is 1. The topological polar surface area (TPSA) is 74.2 Å². The number of phenolic OH excluding ortho intramolecular Hbond substituents is 1. The second kappa shape index (κ2) is 10.8. The van der Waals surface area contributed by atoms with E-state index < -0.39 is 0 Å². The van der Waals surface area contributed by atoms with Gasteiger partial charge in [0.25, 0.3) is 0 Å². The number of benzene rings is 1. The second-order valence-electron chi connectivity index (χ2n) is 14.4. The van der Waals surface area contributed by atoms with E-state index in [4.69, 9.17) is 0 Å². The zero-order valence-electron chi connectivity index (χ0n) is 25.1. The highest BCUT2D eigenvalue weighted by Gasteiger charge is 2.58. The van der Waals surface area contributed by atoms with Crippen molar-refractivity contribution in [2.75, 3.05) is 11.9 Å². The normalized spacial score (nSPS) is 30.1. The molecule has 6 atom stereocenters. The number of aromatic hydroxyl groups is 1. The van der Waals surface area contributed by atoms with Crippen molar-refractivity contribution < 1.29 is 9.90 Å². The third-order valence-corrected chi connectivity index (χ3v) is 11.0. The first-order valence-corrected chi connectivity index (χ1v) is 16.0. The summed E-state index contributed by atoms with van der Waals surface area (Å²) in [5.74, 6) is 3.50. The quantitative estimate of drug-likeness (QED) is 0.332. The molecule has 6 unspecified atom stereocenters. The predicted octanol–water partition coefficient (Wildman–Crippen LogP) is 7.57. The smallest absolute Gasteiger partial charge is 0.226 e. The fourth-order valence-corrected chi connectivity index (χ4v) is 9.08. The molecule has 1 heterocycles. The number of amides is 1. The minimum Gasteiger partial charge on any atom is -0.508 e. The molecule has 0 aliphatic heterocycles. The standard InChI is InChI=1S/C33H49N3O2S/c1-19(2)17-34-28-15-22(9-11-29(38)36-31-35-18-20(3)39-31)30-24-10-8-21-14-27(37)26(32(4,5)6)16-25(21)23(24)12-13-33(28,30)7/h14,16,18-19,22-24,28,30,34,37H,8-13,15,17H2,1-7H3,(H,35,36,38). The first-order valence-electron chi connectivity index (χ1n) is 15.2. The van der Waals surface area contributed by atoms with Crippen LogP contribution < -0.4 is 10.6 Å². The lowest BCUT2D eigenvalue weighted by Gasteiger charge is -2.52. The number of phenols is 1. The molecule has 39 heavy (non-hydrogen) atoms. The highest BCUT2D eigenvalue weighted by molar-refractivity contribution is 7.15. The maximum absolute atomic E-state index is 12.9. The molecular formula is C33H49N3O2S. The van der Waals surface area contributed by atoms with Gasteiger partial charge in [-0.3, -0.25) is 4.79 Å². The molecule has 3 aliphatic rings. The highest BCUT2D eigenvalue weighted by Crippen LogP contribution is 2.63. The molecule has 0 bridgehead atoms. The number of nitrogens with one attached hydrogen (secondary N) is 2. The van der Waals surface area contributed by atoms with E-state index in [0.717, 1.165) is 36.2 Å². The van der Waals surface area contributed by atoms with Gasteiger partial charge in [0.05, 0.1) is 0 Å². The lowest BCUT2D eigenvalue weighted by atomic mass is 9.53. The third-order valence-electron chi connectivity index (χ3n) is 10.2. The number of nitrogens with zero attached hydrogens (tertiary/aromatic N) is 1. The molecule has 5 rings (SSSR count). The van der Waals surface area contributed by atoms with Crippen LogP contribution in [0.25, 0.3) is 0 Å². The molecule has 1 aromatic carbocycles. The monoisotopic (exact) mass is 551 g/mol. The number of carbonyl (C=O) groups is 1. The molecule has 2 aromatic rings. The van der Waals surface area contributed by atoms with Crippen molar-refractivity contribution in [2.45, 2.75) is 111 Å². The summed E-state index contributed by atoms with van der Waals surface area (Å²) in [6.45, 7) is 16.8. The Hall–Kier alpha value is -1.92. The SMILES string of the molecule is Cc1cnc(NC(=O)CCC2CC(NCC(C)C)C3(C)CCC4c5cc(C(C)(C)C)c(O)cc5CCC4C23)s1. The zero-order valence-corrected chi connectivity index (χ0v) is 25.9. The summed E-state index contributed by atoms with van der Waals surface area (Å²) in [7, 11) is 0. The number of anilines is 1. The fourth-order valence-electron chi connectivity index (χ4n) is 8.40. The van der Waals surface area contributed by atoms with Gasteiger partial charge in [0.1, 0.15) is 5.75 Å². The number of hydrogen-bond acceptors (Lipinski definition) is 5.